The highest BCUT2D eigenvalue weighted by Crippen LogP contribution is 2.39. The van der Waals surface area contributed by atoms with E-state index in [1.54, 1.807) is 0 Å². The Kier molecular flexibility index (Phi) is 7.32. The fourth-order valence-corrected chi connectivity index (χ4v) is 3.26. The smallest absolute Gasteiger partial charge is 0.191 e. The molecule has 0 saturated heterocycles. The van der Waals surface area contributed by atoms with E-state index in [4.69, 9.17) is 4.74 Å². The largest absolute Gasteiger partial charge is 0.487 e. The van der Waals surface area contributed by atoms with Crippen LogP contribution in [-0.2, 0) is 6.42 Å². The van der Waals surface area contributed by atoms with Crippen molar-refractivity contribution in [2.24, 2.45) is 4.99 Å². The molecule has 0 spiro atoms. The molecule has 2 aromatic rings. The summed E-state index contributed by atoms with van der Waals surface area (Å²) in [4.78, 5) is 4.39. The summed E-state index contributed by atoms with van der Waals surface area (Å²) in [5.41, 5.74) is 2.31. The Morgan fingerprint density at radius 3 is 2.54 bits per heavy atom. The van der Waals surface area contributed by atoms with Gasteiger partial charge < -0.3 is 15.4 Å². The number of benzene rings is 2. The van der Waals surface area contributed by atoms with Crippen LogP contribution in [0.1, 0.15) is 37.4 Å². The molecule has 0 fully saturated rings. The van der Waals surface area contributed by atoms with Gasteiger partial charge >= 0.3 is 0 Å². The van der Waals surface area contributed by atoms with E-state index in [-0.39, 0.29) is 35.6 Å². The molecule has 1 heterocycles. The number of para-hydroxylation sites is 1. The number of nitrogens with zero attached hydrogens (tertiary/aromatic N) is 1. The predicted octanol–water partition coefficient (Wildman–Crippen LogP) is 4.31. The van der Waals surface area contributed by atoms with Gasteiger partial charge in [-0.05, 0) is 31.9 Å². The standard InChI is InChI=1S/C21H27N3O.HI/c1-21(2)15-18(17-11-7-8-12-19(17)25-21)24-20(22-3)23-14-13-16-9-5-4-6-10-16;/h4-12,18H,13-15H2,1-3H3,(H2,22,23,24);1H. The Hall–Kier alpha value is -1.76. The molecule has 0 bridgehead atoms. The second-order valence-electron chi connectivity index (χ2n) is 7.04. The summed E-state index contributed by atoms with van der Waals surface area (Å²) in [6, 6.07) is 18.9. The minimum atomic E-state index is -0.199. The highest BCUT2D eigenvalue weighted by molar-refractivity contribution is 14.0. The Balaban J connectivity index is 0.00000243. The summed E-state index contributed by atoms with van der Waals surface area (Å²) < 4.78 is 6.10. The molecule has 1 atom stereocenters. The van der Waals surface area contributed by atoms with Gasteiger partial charge in [0.15, 0.2) is 5.96 Å². The predicted molar refractivity (Wildman–Crippen MR) is 119 cm³/mol. The van der Waals surface area contributed by atoms with Gasteiger partial charge in [-0.15, -0.1) is 24.0 Å². The topological polar surface area (TPSA) is 45.7 Å². The molecule has 0 radical (unpaired) electrons. The number of guanidine groups is 1. The lowest BCUT2D eigenvalue weighted by Crippen LogP contribution is -2.45. The van der Waals surface area contributed by atoms with Crippen molar-refractivity contribution in [2.75, 3.05) is 13.6 Å². The first-order valence-electron chi connectivity index (χ1n) is 8.86. The maximum absolute atomic E-state index is 6.10. The Labute approximate surface area is 173 Å². The molecule has 1 aliphatic heterocycles. The molecule has 0 aliphatic carbocycles. The zero-order valence-electron chi connectivity index (χ0n) is 15.7. The van der Waals surface area contributed by atoms with Crippen molar-refractivity contribution < 1.29 is 4.74 Å². The van der Waals surface area contributed by atoms with Crippen LogP contribution >= 0.6 is 24.0 Å². The molecule has 0 amide bonds. The second kappa shape index (κ2) is 9.26. The third-order valence-corrected chi connectivity index (χ3v) is 4.46. The number of ether oxygens (including phenoxy) is 1. The average Bonchev–Trinajstić information content (AvgIpc) is 2.60. The number of nitrogens with one attached hydrogen (secondary N) is 2. The fourth-order valence-electron chi connectivity index (χ4n) is 3.26. The molecule has 3 rings (SSSR count). The van der Waals surface area contributed by atoms with Gasteiger partial charge in [-0.25, -0.2) is 0 Å². The van der Waals surface area contributed by atoms with Crippen molar-refractivity contribution in [3.05, 3.63) is 65.7 Å². The van der Waals surface area contributed by atoms with Crippen molar-refractivity contribution >= 4 is 29.9 Å². The molecule has 2 aromatic carbocycles. The molecular formula is C21H28IN3O. The van der Waals surface area contributed by atoms with Gasteiger partial charge in [0.25, 0.3) is 0 Å². The third-order valence-electron chi connectivity index (χ3n) is 4.46. The lowest BCUT2D eigenvalue weighted by Gasteiger charge is -2.38. The number of hydrogen-bond acceptors (Lipinski definition) is 2. The van der Waals surface area contributed by atoms with Crippen LogP contribution in [0.3, 0.4) is 0 Å². The summed E-state index contributed by atoms with van der Waals surface area (Å²) >= 11 is 0. The Morgan fingerprint density at radius 1 is 1.12 bits per heavy atom. The van der Waals surface area contributed by atoms with Crippen molar-refractivity contribution in [3.8, 4) is 5.75 Å². The molecule has 1 aliphatic rings. The van der Waals surface area contributed by atoms with Crippen LogP contribution in [-0.4, -0.2) is 25.2 Å². The summed E-state index contributed by atoms with van der Waals surface area (Å²) in [5.74, 6) is 1.78. The third kappa shape index (κ3) is 5.37. The van der Waals surface area contributed by atoms with Crippen molar-refractivity contribution in [3.63, 3.8) is 0 Å². The zero-order chi connectivity index (χ0) is 17.7. The zero-order valence-corrected chi connectivity index (χ0v) is 18.0. The number of fused-ring (bicyclic) bond motifs is 1. The van der Waals surface area contributed by atoms with Crippen LogP contribution in [0.5, 0.6) is 5.75 Å². The Bertz CT molecular complexity index is 731. The van der Waals surface area contributed by atoms with Gasteiger partial charge in [-0.3, -0.25) is 4.99 Å². The maximum Gasteiger partial charge on any atom is 0.191 e. The summed E-state index contributed by atoms with van der Waals surface area (Å²) in [7, 11) is 1.81. The quantitative estimate of drug-likeness (QED) is 0.402. The maximum atomic E-state index is 6.10. The normalized spacial score (nSPS) is 18.1. The van der Waals surface area contributed by atoms with Gasteiger partial charge in [0, 0.05) is 25.6 Å². The minimum absolute atomic E-state index is 0. The molecule has 2 N–H and O–H groups in total. The van der Waals surface area contributed by atoms with Crippen LogP contribution in [0, 0.1) is 0 Å². The van der Waals surface area contributed by atoms with Gasteiger partial charge in [0.05, 0.1) is 6.04 Å². The molecular weight excluding hydrogens is 437 g/mol. The lowest BCUT2D eigenvalue weighted by atomic mass is 9.90. The van der Waals surface area contributed by atoms with Crippen molar-refractivity contribution in [1.29, 1.82) is 0 Å². The molecule has 140 valence electrons. The van der Waals surface area contributed by atoms with E-state index in [1.165, 1.54) is 11.1 Å². The molecule has 1 unspecified atom stereocenters. The first-order valence-corrected chi connectivity index (χ1v) is 8.86. The van der Waals surface area contributed by atoms with Crippen LogP contribution in [0.25, 0.3) is 0 Å². The summed E-state index contributed by atoms with van der Waals surface area (Å²) in [6.07, 6.45) is 1.86. The summed E-state index contributed by atoms with van der Waals surface area (Å²) in [5, 5.41) is 6.98. The highest BCUT2D eigenvalue weighted by atomic mass is 127. The van der Waals surface area contributed by atoms with Gasteiger partial charge in [-0.2, -0.15) is 0 Å². The Morgan fingerprint density at radius 2 is 1.81 bits per heavy atom. The van der Waals surface area contributed by atoms with Gasteiger partial charge in [-0.1, -0.05) is 48.5 Å². The van der Waals surface area contributed by atoms with Crippen LogP contribution in [0.15, 0.2) is 59.6 Å². The molecule has 26 heavy (non-hydrogen) atoms. The highest BCUT2D eigenvalue weighted by Gasteiger charge is 2.33. The monoisotopic (exact) mass is 465 g/mol. The van der Waals surface area contributed by atoms with Crippen LogP contribution in [0.2, 0.25) is 0 Å². The van der Waals surface area contributed by atoms with E-state index < -0.39 is 0 Å². The number of rotatable bonds is 4. The number of hydrogen-bond donors (Lipinski definition) is 2. The van der Waals surface area contributed by atoms with Crippen molar-refractivity contribution in [2.45, 2.75) is 38.3 Å². The average molecular weight is 465 g/mol. The van der Waals surface area contributed by atoms with E-state index in [2.05, 4.69) is 65.9 Å². The van der Waals surface area contributed by atoms with Crippen molar-refractivity contribution in [1.82, 2.24) is 10.6 Å². The fraction of sp³-hybridized carbons (Fsp3) is 0.381. The summed E-state index contributed by atoms with van der Waals surface area (Å²) in [6.45, 7) is 5.10. The van der Waals surface area contributed by atoms with E-state index in [1.807, 2.05) is 25.2 Å². The van der Waals surface area contributed by atoms with E-state index in [9.17, 15) is 0 Å². The first kappa shape index (κ1) is 20.6. The van der Waals surface area contributed by atoms with Crippen LogP contribution < -0.4 is 15.4 Å². The molecule has 0 saturated carbocycles. The minimum Gasteiger partial charge on any atom is -0.487 e. The van der Waals surface area contributed by atoms with E-state index >= 15 is 0 Å². The number of aliphatic imine (C=N–C) groups is 1. The van der Waals surface area contributed by atoms with E-state index in [0.717, 1.165) is 31.1 Å². The van der Waals surface area contributed by atoms with Gasteiger partial charge in [0.1, 0.15) is 11.4 Å². The van der Waals surface area contributed by atoms with E-state index in [0.29, 0.717) is 0 Å². The molecule has 5 heteroatoms. The van der Waals surface area contributed by atoms with Gasteiger partial charge in [0.2, 0.25) is 0 Å². The SMILES string of the molecule is CN=C(NCCc1ccccc1)NC1CC(C)(C)Oc2ccccc21.I. The molecule has 0 aromatic heterocycles. The first-order chi connectivity index (χ1) is 12.1. The lowest BCUT2D eigenvalue weighted by molar-refractivity contribution is 0.0694. The van der Waals surface area contributed by atoms with Crippen LogP contribution in [0.4, 0.5) is 0 Å². The second-order valence-corrected chi connectivity index (χ2v) is 7.04. The molecule has 4 nitrogen and oxygen atoms in total. The number of halogens is 1.